The summed E-state index contributed by atoms with van der Waals surface area (Å²) in [6.45, 7) is 11.1. The zero-order valence-electron chi connectivity index (χ0n) is 10.7. The van der Waals surface area contributed by atoms with Gasteiger partial charge in [-0.2, -0.15) is 0 Å². The van der Waals surface area contributed by atoms with Crippen LogP contribution in [0.2, 0.25) is 0 Å². The van der Waals surface area contributed by atoms with Crippen LogP contribution in [0.4, 0.5) is 0 Å². The Hall–Kier alpha value is 0.170. The largest absolute Gasteiger partial charge is 0.361 e. The first-order chi connectivity index (χ1) is 7.12. The zero-order chi connectivity index (χ0) is 10.9. The number of rotatable bonds is 2. The second-order valence-corrected chi connectivity index (χ2v) is 5.61. The molecule has 1 N–H and O–H groups in total. The molecule has 0 radical (unpaired) electrons. The summed E-state index contributed by atoms with van der Waals surface area (Å²) in [6.07, 6.45) is 2.87. The predicted octanol–water partition coefficient (Wildman–Crippen LogP) is 1.86. The van der Waals surface area contributed by atoms with Crippen molar-refractivity contribution in [3.63, 3.8) is 0 Å². The molecule has 0 aromatic heterocycles. The summed E-state index contributed by atoms with van der Waals surface area (Å²) in [4.78, 5) is 2.54. The molecule has 0 spiro atoms. The molecule has 0 saturated carbocycles. The third-order valence-corrected chi connectivity index (χ3v) is 3.61. The van der Waals surface area contributed by atoms with E-state index in [9.17, 15) is 0 Å². The molecule has 0 amide bonds. The first-order valence-electron chi connectivity index (χ1n) is 6.21. The number of hydrogen-bond donors (Lipinski definition) is 1. The minimum atomic E-state index is 0. The second kappa shape index (κ2) is 5.67. The molecule has 0 aromatic rings. The van der Waals surface area contributed by atoms with Gasteiger partial charge in [0.15, 0.2) is 0 Å². The lowest BCUT2D eigenvalue weighted by Crippen LogP contribution is -2.55. The van der Waals surface area contributed by atoms with Gasteiger partial charge in [0, 0.05) is 18.0 Å². The van der Waals surface area contributed by atoms with Crippen molar-refractivity contribution < 1.29 is 4.74 Å². The summed E-state index contributed by atoms with van der Waals surface area (Å²) in [5.41, 5.74) is 0.298. The van der Waals surface area contributed by atoms with E-state index < -0.39 is 0 Å². The lowest BCUT2D eigenvalue weighted by molar-refractivity contribution is -0.0888. The average molecular weight is 249 g/mol. The molecule has 2 unspecified atom stereocenters. The van der Waals surface area contributed by atoms with Crippen LogP contribution in [-0.4, -0.2) is 43.4 Å². The molecule has 96 valence electrons. The first-order valence-corrected chi connectivity index (χ1v) is 6.21. The van der Waals surface area contributed by atoms with Gasteiger partial charge in [0.2, 0.25) is 0 Å². The van der Waals surface area contributed by atoms with Gasteiger partial charge in [-0.3, -0.25) is 10.2 Å². The highest BCUT2D eigenvalue weighted by Crippen LogP contribution is 2.26. The van der Waals surface area contributed by atoms with Crippen LogP contribution in [0.1, 0.15) is 33.6 Å². The van der Waals surface area contributed by atoms with Gasteiger partial charge in [-0.05, 0) is 25.9 Å². The maximum Gasteiger partial charge on any atom is 0.123 e. The molecule has 2 rings (SSSR count). The highest BCUT2D eigenvalue weighted by atomic mass is 35.5. The van der Waals surface area contributed by atoms with Crippen molar-refractivity contribution in [1.82, 2.24) is 10.2 Å². The highest BCUT2D eigenvalue weighted by Gasteiger charge is 2.36. The number of ether oxygens (including phenoxy) is 1. The van der Waals surface area contributed by atoms with Crippen molar-refractivity contribution in [3.8, 4) is 0 Å². The summed E-state index contributed by atoms with van der Waals surface area (Å²) >= 11 is 0. The van der Waals surface area contributed by atoms with Gasteiger partial charge in [-0.25, -0.2) is 0 Å². The minimum Gasteiger partial charge on any atom is -0.361 e. The quantitative estimate of drug-likeness (QED) is 0.808. The Morgan fingerprint density at radius 2 is 2.19 bits per heavy atom. The van der Waals surface area contributed by atoms with Gasteiger partial charge in [0.05, 0.1) is 6.61 Å². The van der Waals surface area contributed by atoms with Crippen LogP contribution in [-0.2, 0) is 4.74 Å². The van der Waals surface area contributed by atoms with E-state index in [0.717, 1.165) is 19.7 Å². The van der Waals surface area contributed by atoms with Crippen LogP contribution < -0.4 is 5.32 Å². The van der Waals surface area contributed by atoms with Crippen LogP contribution in [0.5, 0.6) is 0 Å². The standard InChI is InChI=1S/C12H24N2O.ClH/c1-4-14-7-5-6-10(14)11-13-8-12(2,3)9-15-11;/h10-11,13H,4-9H2,1-3H3;1H. The average Bonchev–Trinajstić information content (AvgIpc) is 2.65. The monoisotopic (exact) mass is 248 g/mol. The fourth-order valence-electron chi connectivity index (χ4n) is 2.64. The molecule has 2 heterocycles. The van der Waals surface area contributed by atoms with E-state index in [-0.39, 0.29) is 18.6 Å². The Balaban J connectivity index is 0.00000128. The van der Waals surface area contributed by atoms with Crippen molar-refractivity contribution in [2.24, 2.45) is 5.41 Å². The Kier molecular flexibility index (Phi) is 5.05. The maximum atomic E-state index is 5.96. The van der Waals surface area contributed by atoms with Gasteiger partial charge in [-0.15, -0.1) is 12.4 Å². The summed E-state index contributed by atoms with van der Waals surface area (Å²) in [6, 6.07) is 0.603. The Bertz CT molecular complexity index is 213. The summed E-state index contributed by atoms with van der Waals surface area (Å²) in [5.74, 6) is 0. The van der Waals surface area contributed by atoms with Crippen LogP contribution in [0.3, 0.4) is 0 Å². The van der Waals surface area contributed by atoms with E-state index in [1.54, 1.807) is 0 Å². The van der Waals surface area contributed by atoms with E-state index in [0.29, 0.717) is 11.5 Å². The number of hydrogen-bond acceptors (Lipinski definition) is 3. The first kappa shape index (κ1) is 14.2. The predicted molar refractivity (Wildman–Crippen MR) is 69.0 cm³/mol. The second-order valence-electron chi connectivity index (χ2n) is 5.61. The minimum absolute atomic E-state index is 0. The number of likely N-dealkylation sites (N-methyl/N-ethyl adjacent to an activating group) is 1. The van der Waals surface area contributed by atoms with Crippen LogP contribution in [0.15, 0.2) is 0 Å². The number of nitrogens with one attached hydrogen (secondary N) is 1. The summed E-state index contributed by atoms with van der Waals surface area (Å²) in [7, 11) is 0. The van der Waals surface area contributed by atoms with Crippen molar-refractivity contribution in [1.29, 1.82) is 0 Å². The molecule has 0 aromatic carbocycles. The lowest BCUT2D eigenvalue weighted by atomic mass is 9.93. The molecule has 2 aliphatic heterocycles. The molecule has 16 heavy (non-hydrogen) atoms. The smallest absolute Gasteiger partial charge is 0.123 e. The molecular weight excluding hydrogens is 224 g/mol. The Morgan fingerprint density at radius 1 is 1.44 bits per heavy atom. The van der Waals surface area contributed by atoms with Crippen molar-refractivity contribution in [2.75, 3.05) is 26.2 Å². The topological polar surface area (TPSA) is 24.5 Å². The number of likely N-dealkylation sites (tertiary alicyclic amines) is 1. The van der Waals surface area contributed by atoms with Crippen LogP contribution in [0, 0.1) is 5.41 Å². The van der Waals surface area contributed by atoms with Gasteiger partial charge in [0.1, 0.15) is 6.23 Å². The van der Waals surface area contributed by atoms with Crippen LogP contribution >= 0.6 is 12.4 Å². The van der Waals surface area contributed by atoms with E-state index in [2.05, 4.69) is 31.0 Å². The van der Waals surface area contributed by atoms with Crippen molar-refractivity contribution in [2.45, 2.75) is 45.9 Å². The van der Waals surface area contributed by atoms with Gasteiger partial charge < -0.3 is 4.74 Å². The van der Waals surface area contributed by atoms with Crippen LogP contribution in [0.25, 0.3) is 0 Å². The summed E-state index contributed by atoms with van der Waals surface area (Å²) in [5, 5.41) is 3.55. The van der Waals surface area contributed by atoms with E-state index in [1.807, 2.05) is 0 Å². The maximum absolute atomic E-state index is 5.96. The molecule has 0 bridgehead atoms. The Labute approximate surface area is 105 Å². The molecule has 2 aliphatic rings. The molecule has 4 heteroatoms. The molecule has 2 saturated heterocycles. The molecular formula is C12H25ClN2O. The van der Waals surface area contributed by atoms with Crippen molar-refractivity contribution >= 4 is 12.4 Å². The fraction of sp³-hybridized carbons (Fsp3) is 1.00. The molecule has 3 nitrogen and oxygen atoms in total. The molecule has 0 aliphatic carbocycles. The lowest BCUT2D eigenvalue weighted by Gasteiger charge is -2.40. The zero-order valence-corrected chi connectivity index (χ0v) is 11.5. The van der Waals surface area contributed by atoms with Gasteiger partial charge >= 0.3 is 0 Å². The molecule has 2 atom stereocenters. The number of halogens is 1. The van der Waals surface area contributed by atoms with E-state index >= 15 is 0 Å². The normalized spacial score (nSPS) is 34.7. The highest BCUT2D eigenvalue weighted by molar-refractivity contribution is 5.85. The Morgan fingerprint density at radius 3 is 2.75 bits per heavy atom. The number of nitrogens with zero attached hydrogens (tertiary/aromatic N) is 1. The van der Waals surface area contributed by atoms with Gasteiger partial charge in [-0.1, -0.05) is 20.8 Å². The van der Waals surface area contributed by atoms with Gasteiger partial charge in [0.25, 0.3) is 0 Å². The SMILES string of the molecule is CCN1CCCC1C1NCC(C)(C)CO1.Cl. The van der Waals surface area contributed by atoms with E-state index in [1.165, 1.54) is 19.4 Å². The fourth-order valence-corrected chi connectivity index (χ4v) is 2.64. The van der Waals surface area contributed by atoms with E-state index in [4.69, 9.17) is 4.74 Å². The summed E-state index contributed by atoms with van der Waals surface area (Å²) < 4.78 is 5.96. The third-order valence-electron chi connectivity index (χ3n) is 3.61. The third kappa shape index (κ3) is 3.10. The van der Waals surface area contributed by atoms with Crippen molar-refractivity contribution in [3.05, 3.63) is 0 Å². The molecule has 2 fully saturated rings.